The van der Waals surface area contributed by atoms with Crippen LogP contribution in [0.2, 0.25) is 5.02 Å². The highest BCUT2D eigenvalue weighted by atomic mass is 35.5. The molecule has 1 aliphatic rings. The molecule has 3 aromatic heterocycles. The van der Waals surface area contributed by atoms with E-state index in [1.807, 2.05) is 0 Å². The standard InChI is InChI=1S/C17H13ClF3N7O/c1-9-15-12(28(26-25-15)13-8-22-3-4-24-13)2-5-27(9)16(29)10-6-23-7-11(14(10)18)17(19,20)21/h3-4,6-9H,2,5H2,1H3. The molecule has 1 unspecified atom stereocenters. The van der Waals surface area contributed by atoms with Gasteiger partial charge in [-0.25, -0.2) is 4.98 Å². The normalized spacial score (nSPS) is 16.6. The molecule has 0 fully saturated rings. The van der Waals surface area contributed by atoms with Crippen molar-refractivity contribution in [3.8, 4) is 5.82 Å². The van der Waals surface area contributed by atoms with Gasteiger partial charge in [-0.2, -0.15) is 17.9 Å². The van der Waals surface area contributed by atoms with Crippen molar-refractivity contribution in [1.82, 2.24) is 34.8 Å². The number of fused-ring (bicyclic) bond motifs is 1. The first-order valence-corrected chi connectivity index (χ1v) is 8.89. The second-order valence-corrected chi connectivity index (χ2v) is 6.75. The molecule has 3 aromatic rings. The summed E-state index contributed by atoms with van der Waals surface area (Å²) in [7, 11) is 0. The summed E-state index contributed by atoms with van der Waals surface area (Å²) in [5.41, 5.74) is -0.163. The van der Waals surface area contributed by atoms with Crippen molar-refractivity contribution >= 4 is 17.5 Å². The SMILES string of the molecule is CC1c2nnn(-c3cnccn3)c2CCN1C(=O)c1cncc(C(F)(F)F)c1Cl. The lowest BCUT2D eigenvalue weighted by molar-refractivity contribution is -0.137. The number of carbonyl (C=O) groups is 1. The number of rotatable bonds is 2. The van der Waals surface area contributed by atoms with Gasteiger partial charge in [0.1, 0.15) is 5.69 Å². The van der Waals surface area contributed by atoms with Gasteiger partial charge in [-0.1, -0.05) is 16.8 Å². The van der Waals surface area contributed by atoms with Gasteiger partial charge in [-0.05, 0) is 6.92 Å². The number of hydrogen-bond donors (Lipinski definition) is 0. The fourth-order valence-electron chi connectivity index (χ4n) is 3.25. The van der Waals surface area contributed by atoms with Crippen LogP contribution in [0, 0.1) is 0 Å². The van der Waals surface area contributed by atoms with Crippen molar-refractivity contribution in [3.63, 3.8) is 0 Å². The van der Waals surface area contributed by atoms with Crippen LogP contribution >= 0.6 is 11.6 Å². The Labute approximate surface area is 167 Å². The summed E-state index contributed by atoms with van der Waals surface area (Å²) in [6, 6.07) is -0.526. The fourth-order valence-corrected chi connectivity index (χ4v) is 3.53. The van der Waals surface area contributed by atoms with Gasteiger partial charge in [0, 0.05) is 37.8 Å². The van der Waals surface area contributed by atoms with E-state index >= 15 is 0 Å². The summed E-state index contributed by atoms with van der Waals surface area (Å²) < 4.78 is 40.8. The summed E-state index contributed by atoms with van der Waals surface area (Å²) in [4.78, 5) is 26.1. The van der Waals surface area contributed by atoms with Crippen LogP contribution in [0.5, 0.6) is 0 Å². The predicted molar refractivity (Wildman–Crippen MR) is 94.4 cm³/mol. The molecule has 1 aliphatic heterocycles. The topological polar surface area (TPSA) is 89.7 Å². The quantitative estimate of drug-likeness (QED) is 0.629. The molecule has 1 amide bonds. The van der Waals surface area contributed by atoms with Crippen LogP contribution in [0.1, 0.15) is 40.3 Å². The molecular formula is C17H13ClF3N7O. The molecule has 12 heteroatoms. The maximum atomic E-state index is 13.1. The zero-order valence-electron chi connectivity index (χ0n) is 14.9. The summed E-state index contributed by atoms with van der Waals surface area (Å²) in [6.07, 6.45) is 1.91. The van der Waals surface area contributed by atoms with E-state index in [1.165, 1.54) is 23.5 Å². The zero-order chi connectivity index (χ0) is 20.8. The van der Waals surface area contributed by atoms with Gasteiger partial charge in [0.25, 0.3) is 5.91 Å². The second kappa shape index (κ2) is 7.07. The highest BCUT2D eigenvalue weighted by molar-refractivity contribution is 6.34. The van der Waals surface area contributed by atoms with Gasteiger partial charge in [0.2, 0.25) is 0 Å². The van der Waals surface area contributed by atoms with Gasteiger partial charge in [-0.15, -0.1) is 5.10 Å². The molecular weight excluding hydrogens is 411 g/mol. The summed E-state index contributed by atoms with van der Waals surface area (Å²) >= 11 is 5.88. The lowest BCUT2D eigenvalue weighted by atomic mass is 10.0. The number of halogens is 4. The van der Waals surface area contributed by atoms with Crippen molar-refractivity contribution in [1.29, 1.82) is 0 Å². The molecule has 4 heterocycles. The highest BCUT2D eigenvalue weighted by Crippen LogP contribution is 2.37. The molecule has 150 valence electrons. The maximum absolute atomic E-state index is 13.1. The van der Waals surface area contributed by atoms with Gasteiger partial charge in [0.05, 0.1) is 34.1 Å². The number of hydrogen-bond acceptors (Lipinski definition) is 6. The first-order chi connectivity index (χ1) is 13.8. The first-order valence-electron chi connectivity index (χ1n) is 8.51. The Hall–Kier alpha value is -3.08. The summed E-state index contributed by atoms with van der Waals surface area (Å²) in [5.74, 6) is -0.167. The second-order valence-electron chi connectivity index (χ2n) is 6.37. The number of amides is 1. The fraction of sp³-hybridized carbons (Fsp3) is 0.294. The largest absolute Gasteiger partial charge is 0.419 e. The molecule has 0 aromatic carbocycles. The Balaban J connectivity index is 1.66. The molecule has 0 saturated carbocycles. The van der Waals surface area contributed by atoms with E-state index in [4.69, 9.17) is 11.6 Å². The van der Waals surface area contributed by atoms with E-state index in [0.29, 0.717) is 24.1 Å². The van der Waals surface area contributed by atoms with E-state index in [0.717, 1.165) is 11.9 Å². The lowest BCUT2D eigenvalue weighted by Gasteiger charge is -2.32. The van der Waals surface area contributed by atoms with Crippen LogP contribution in [-0.4, -0.2) is 47.3 Å². The van der Waals surface area contributed by atoms with E-state index < -0.39 is 28.7 Å². The minimum atomic E-state index is -4.71. The lowest BCUT2D eigenvalue weighted by Crippen LogP contribution is -2.39. The predicted octanol–water partition coefficient (Wildman–Crippen LogP) is 2.88. The third-order valence-electron chi connectivity index (χ3n) is 4.69. The smallest absolute Gasteiger partial charge is 0.330 e. The summed E-state index contributed by atoms with van der Waals surface area (Å²) in [5, 5.41) is 7.56. The highest BCUT2D eigenvalue weighted by Gasteiger charge is 2.38. The molecule has 0 bridgehead atoms. The third-order valence-corrected chi connectivity index (χ3v) is 5.10. The van der Waals surface area contributed by atoms with E-state index in [9.17, 15) is 18.0 Å². The zero-order valence-corrected chi connectivity index (χ0v) is 15.7. The van der Waals surface area contributed by atoms with Gasteiger partial charge >= 0.3 is 6.18 Å². The number of nitrogens with zero attached hydrogens (tertiary/aromatic N) is 7. The Morgan fingerprint density at radius 3 is 2.69 bits per heavy atom. The summed E-state index contributed by atoms with van der Waals surface area (Å²) in [6.45, 7) is 1.97. The average molecular weight is 424 g/mol. The maximum Gasteiger partial charge on any atom is 0.419 e. The van der Waals surface area contributed by atoms with Crippen molar-refractivity contribution in [3.05, 3.63) is 58.5 Å². The number of carbonyl (C=O) groups excluding carboxylic acids is 1. The molecule has 0 radical (unpaired) electrons. The van der Waals surface area contributed by atoms with Crippen molar-refractivity contribution < 1.29 is 18.0 Å². The average Bonchev–Trinajstić information content (AvgIpc) is 3.13. The Kier molecular flexibility index (Phi) is 4.69. The van der Waals surface area contributed by atoms with Crippen LogP contribution in [0.15, 0.2) is 31.0 Å². The number of aromatic nitrogens is 6. The minimum absolute atomic E-state index is 0.243. The third kappa shape index (κ3) is 3.31. The van der Waals surface area contributed by atoms with E-state index in [1.54, 1.807) is 11.6 Å². The molecule has 29 heavy (non-hydrogen) atoms. The molecule has 0 aliphatic carbocycles. The van der Waals surface area contributed by atoms with Gasteiger partial charge in [0.15, 0.2) is 5.82 Å². The van der Waals surface area contributed by atoms with Crippen molar-refractivity contribution in [2.45, 2.75) is 25.6 Å². The monoisotopic (exact) mass is 423 g/mol. The van der Waals surface area contributed by atoms with E-state index in [-0.39, 0.29) is 12.1 Å². The van der Waals surface area contributed by atoms with Crippen LogP contribution in [0.25, 0.3) is 5.82 Å². The number of pyridine rings is 1. The molecule has 0 saturated heterocycles. The van der Waals surface area contributed by atoms with Crippen LogP contribution in [0.4, 0.5) is 13.2 Å². The molecule has 0 spiro atoms. The van der Waals surface area contributed by atoms with Crippen molar-refractivity contribution in [2.24, 2.45) is 0 Å². The Bertz CT molecular complexity index is 1070. The first kappa shape index (κ1) is 19.2. The van der Waals surface area contributed by atoms with Crippen molar-refractivity contribution in [2.75, 3.05) is 6.54 Å². The minimum Gasteiger partial charge on any atom is -0.330 e. The molecule has 0 N–H and O–H groups in total. The van der Waals surface area contributed by atoms with Crippen LogP contribution in [-0.2, 0) is 12.6 Å². The van der Waals surface area contributed by atoms with Gasteiger partial charge in [-0.3, -0.25) is 14.8 Å². The molecule has 8 nitrogen and oxygen atoms in total. The Morgan fingerprint density at radius 2 is 2.00 bits per heavy atom. The van der Waals surface area contributed by atoms with Gasteiger partial charge < -0.3 is 4.90 Å². The molecule has 1 atom stereocenters. The number of alkyl halides is 3. The molecule has 4 rings (SSSR count). The van der Waals surface area contributed by atoms with Crippen LogP contribution in [0.3, 0.4) is 0 Å². The van der Waals surface area contributed by atoms with E-state index in [2.05, 4.69) is 25.3 Å². The Morgan fingerprint density at radius 1 is 1.21 bits per heavy atom. The van der Waals surface area contributed by atoms with Crippen LogP contribution < -0.4 is 0 Å².